The van der Waals surface area contributed by atoms with E-state index in [1.54, 1.807) is 11.8 Å². The molecule has 1 aromatic heterocycles. The fourth-order valence-electron chi connectivity index (χ4n) is 2.81. The molecule has 0 bridgehead atoms. The zero-order valence-corrected chi connectivity index (χ0v) is 16.2. The Morgan fingerprint density at radius 2 is 2.08 bits per heavy atom. The minimum Gasteiger partial charge on any atom is -0.395 e. The van der Waals surface area contributed by atoms with Gasteiger partial charge in [-0.05, 0) is 31.4 Å². The maximum Gasteiger partial charge on any atom is 0.223 e. The number of hydrogen-bond donors (Lipinski definition) is 3. The van der Waals surface area contributed by atoms with Gasteiger partial charge in [0, 0.05) is 17.6 Å². The van der Waals surface area contributed by atoms with Crippen molar-refractivity contribution in [2.24, 2.45) is 5.73 Å². The van der Waals surface area contributed by atoms with Crippen LogP contribution in [0.1, 0.15) is 43.5 Å². The molecule has 2 aromatic rings. The van der Waals surface area contributed by atoms with Crippen molar-refractivity contribution in [3.05, 3.63) is 63.8 Å². The van der Waals surface area contributed by atoms with Gasteiger partial charge in [-0.3, -0.25) is 0 Å². The molecule has 0 saturated heterocycles. The first-order valence-electron chi connectivity index (χ1n) is 8.88. The zero-order valence-electron chi connectivity index (χ0n) is 15.4. The normalized spacial score (nSPS) is 16.7. The second-order valence-corrected chi connectivity index (χ2v) is 7.32. The van der Waals surface area contributed by atoms with Crippen LogP contribution in [0, 0.1) is 6.92 Å². The Hall–Kier alpha value is -2.47. The van der Waals surface area contributed by atoms with Crippen LogP contribution in [0.15, 0.2) is 47.0 Å². The Labute approximate surface area is 159 Å². The summed E-state index contributed by atoms with van der Waals surface area (Å²) in [7, 11) is 0. The highest BCUT2D eigenvalue weighted by atomic mass is 32.2. The van der Waals surface area contributed by atoms with Gasteiger partial charge in [0.2, 0.25) is 5.95 Å². The lowest BCUT2D eigenvalue weighted by molar-refractivity contribution is 0.683. The van der Waals surface area contributed by atoms with Crippen molar-refractivity contribution < 1.29 is 0 Å². The van der Waals surface area contributed by atoms with Crippen LogP contribution in [0.4, 0.5) is 5.95 Å². The van der Waals surface area contributed by atoms with Crippen LogP contribution in [0.5, 0.6) is 0 Å². The molecule has 3 rings (SSSR count). The molecular formula is C20H25N5S. The van der Waals surface area contributed by atoms with E-state index in [0.29, 0.717) is 17.7 Å². The number of nitrogens with one attached hydrogen (secondary N) is 2. The molecule has 136 valence electrons. The second kappa shape index (κ2) is 8.27. The molecule has 5 nitrogen and oxygen atoms in total. The molecule has 0 fully saturated rings. The molecule has 0 amide bonds. The third-order valence-corrected chi connectivity index (χ3v) is 5.11. The van der Waals surface area contributed by atoms with E-state index in [9.17, 15) is 0 Å². The predicted molar refractivity (Wildman–Crippen MR) is 111 cm³/mol. The minimum absolute atomic E-state index is 0.328. The lowest BCUT2D eigenvalue weighted by Crippen LogP contribution is -2.18. The number of rotatable bonds is 6. The number of nitrogens with two attached hydrogens (primary N) is 1. The fraction of sp³-hybridized carbons (Fsp3) is 0.300. The van der Waals surface area contributed by atoms with Gasteiger partial charge >= 0.3 is 0 Å². The first-order valence-corrected chi connectivity index (χ1v) is 9.76. The van der Waals surface area contributed by atoms with Gasteiger partial charge < -0.3 is 16.4 Å². The van der Waals surface area contributed by atoms with Crippen LogP contribution in [0.3, 0.4) is 0 Å². The van der Waals surface area contributed by atoms with Crippen molar-refractivity contribution in [1.29, 1.82) is 0 Å². The highest BCUT2D eigenvalue weighted by Gasteiger charge is 2.18. The maximum absolute atomic E-state index is 6.44. The van der Waals surface area contributed by atoms with Crippen molar-refractivity contribution in [1.82, 2.24) is 15.3 Å². The van der Waals surface area contributed by atoms with Gasteiger partial charge in [0.1, 0.15) is 5.03 Å². The van der Waals surface area contributed by atoms with E-state index in [1.807, 2.05) is 31.3 Å². The smallest absolute Gasteiger partial charge is 0.223 e. The number of hydrogen-bond acceptors (Lipinski definition) is 6. The van der Waals surface area contributed by atoms with Crippen molar-refractivity contribution in [3.63, 3.8) is 0 Å². The number of nitrogens with zero attached hydrogens (tertiary/aromatic N) is 2. The van der Waals surface area contributed by atoms with Crippen molar-refractivity contribution >= 4 is 29.1 Å². The SMILES string of the molecule is CCCC(C)Nc1ncc(C)c(/C(N)=C2/NC(c3ccccc3)=CS2)n1. The molecule has 1 unspecified atom stereocenters. The average Bonchev–Trinajstić information content (AvgIpc) is 3.14. The average molecular weight is 368 g/mol. The molecule has 0 radical (unpaired) electrons. The summed E-state index contributed by atoms with van der Waals surface area (Å²) in [5, 5.41) is 9.74. The number of thioether (sulfide) groups is 1. The number of aryl methyl sites for hydroxylation is 1. The molecule has 0 saturated carbocycles. The molecule has 1 aromatic carbocycles. The Kier molecular flexibility index (Phi) is 5.83. The molecule has 6 heteroatoms. The zero-order chi connectivity index (χ0) is 18.5. The van der Waals surface area contributed by atoms with Gasteiger partial charge in [-0.15, -0.1) is 0 Å². The lowest BCUT2D eigenvalue weighted by Gasteiger charge is -2.15. The maximum atomic E-state index is 6.44. The molecule has 2 heterocycles. The van der Waals surface area contributed by atoms with Gasteiger partial charge in [-0.25, -0.2) is 9.97 Å². The summed E-state index contributed by atoms with van der Waals surface area (Å²) in [5.41, 5.74) is 11.0. The first kappa shape index (κ1) is 18.3. The number of anilines is 1. The summed E-state index contributed by atoms with van der Waals surface area (Å²) in [6.45, 7) is 6.29. The van der Waals surface area contributed by atoms with E-state index in [2.05, 4.69) is 52.0 Å². The van der Waals surface area contributed by atoms with Crippen LogP contribution < -0.4 is 16.4 Å². The van der Waals surface area contributed by atoms with Crippen LogP contribution >= 0.6 is 11.8 Å². The van der Waals surface area contributed by atoms with Gasteiger partial charge in [-0.1, -0.05) is 55.4 Å². The minimum atomic E-state index is 0.328. The van der Waals surface area contributed by atoms with Crippen LogP contribution in [-0.4, -0.2) is 16.0 Å². The monoisotopic (exact) mass is 367 g/mol. The summed E-state index contributed by atoms with van der Waals surface area (Å²) in [4.78, 5) is 9.05. The summed E-state index contributed by atoms with van der Waals surface area (Å²) in [6, 6.07) is 10.5. The molecule has 26 heavy (non-hydrogen) atoms. The van der Waals surface area contributed by atoms with Crippen molar-refractivity contribution in [3.8, 4) is 0 Å². The highest BCUT2D eigenvalue weighted by Crippen LogP contribution is 2.33. The van der Waals surface area contributed by atoms with E-state index >= 15 is 0 Å². The Bertz CT molecular complexity index is 829. The Morgan fingerprint density at radius 1 is 1.31 bits per heavy atom. The number of benzene rings is 1. The molecule has 1 atom stereocenters. The Morgan fingerprint density at radius 3 is 2.81 bits per heavy atom. The quantitative estimate of drug-likeness (QED) is 0.706. The summed E-state index contributed by atoms with van der Waals surface area (Å²) in [6.07, 6.45) is 4.01. The van der Waals surface area contributed by atoms with Crippen molar-refractivity contribution in [2.45, 2.75) is 39.7 Å². The lowest BCUT2D eigenvalue weighted by atomic mass is 10.2. The van der Waals surface area contributed by atoms with Gasteiger partial charge in [0.25, 0.3) is 0 Å². The largest absolute Gasteiger partial charge is 0.395 e. The van der Waals surface area contributed by atoms with Crippen LogP contribution in [-0.2, 0) is 0 Å². The third kappa shape index (κ3) is 4.19. The molecular weight excluding hydrogens is 342 g/mol. The van der Waals surface area contributed by atoms with E-state index in [4.69, 9.17) is 5.73 Å². The topological polar surface area (TPSA) is 75.9 Å². The van der Waals surface area contributed by atoms with Gasteiger partial charge in [0.05, 0.1) is 17.1 Å². The van der Waals surface area contributed by atoms with Gasteiger partial charge in [0.15, 0.2) is 0 Å². The summed E-state index contributed by atoms with van der Waals surface area (Å²) in [5.74, 6) is 0.620. The molecule has 4 N–H and O–H groups in total. The standard InChI is InChI=1S/C20H25N5S/c1-4-8-14(3)23-20-22-11-13(2)18(25-20)17(21)19-24-16(12-26-19)15-9-6-5-7-10-15/h5-7,9-12,14,24H,4,8,21H2,1-3H3,(H,22,23,25)/b19-17+. The third-order valence-electron chi connectivity index (χ3n) is 4.20. The predicted octanol–water partition coefficient (Wildman–Crippen LogP) is 4.31. The van der Waals surface area contributed by atoms with Crippen molar-refractivity contribution in [2.75, 3.05) is 5.32 Å². The van der Waals surface area contributed by atoms with E-state index in [0.717, 1.165) is 40.4 Å². The first-order chi connectivity index (χ1) is 12.6. The van der Waals surface area contributed by atoms with E-state index < -0.39 is 0 Å². The molecule has 0 aliphatic carbocycles. The van der Waals surface area contributed by atoms with Crippen LogP contribution in [0.2, 0.25) is 0 Å². The fourth-order valence-corrected chi connectivity index (χ4v) is 3.63. The Balaban J connectivity index is 1.81. The van der Waals surface area contributed by atoms with Gasteiger partial charge in [-0.2, -0.15) is 0 Å². The summed E-state index contributed by atoms with van der Waals surface area (Å²) < 4.78 is 0. The van der Waals surface area contributed by atoms with E-state index in [1.165, 1.54) is 0 Å². The van der Waals surface area contributed by atoms with Crippen LogP contribution in [0.25, 0.3) is 11.4 Å². The highest BCUT2D eigenvalue weighted by molar-refractivity contribution is 8.06. The summed E-state index contributed by atoms with van der Waals surface area (Å²) >= 11 is 1.59. The van der Waals surface area contributed by atoms with E-state index in [-0.39, 0.29) is 0 Å². The number of aromatic nitrogens is 2. The molecule has 1 aliphatic rings. The molecule has 0 spiro atoms. The molecule has 1 aliphatic heterocycles. The second-order valence-electron chi connectivity index (χ2n) is 6.44.